The maximum atomic E-state index is 11.6. The number of rotatable bonds is 2. The van der Waals surface area contributed by atoms with Crippen LogP contribution >= 0.6 is 0 Å². The molecule has 0 spiro atoms. The average molecular weight is 336 g/mol. The molecule has 1 amide bonds. The highest BCUT2D eigenvalue weighted by molar-refractivity contribution is 6.02. The van der Waals surface area contributed by atoms with Gasteiger partial charge in [-0.25, -0.2) is 0 Å². The van der Waals surface area contributed by atoms with E-state index in [2.05, 4.69) is 27.2 Å². The summed E-state index contributed by atoms with van der Waals surface area (Å²) >= 11 is 0. The second-order valence-electron chi connectivity index (χ2n) is 5.88. The van der Waals surface area contributed by atoms with E-state index in [4.69, 9.17) is 11.5 Å². The van der Waals surface area contributed by atoms with E-state index in [1.54, 1.807) is 4.68 Å². The van der Waals surface area contributed by atoms with Crippen LogP contribution < -0.4 is 11.5 Å². The number of carbonyl (C=O) groups excluding carboxylic acids is 1. The van der Waals surface area contributed by atoms with Crippen molar-refractivity contribution in [3.63, 3.8) is 0 Å². The van der Waals surface area contributed by atoms with E-state index in [0.29, 0.717) is 11.5 Å². The molecule has 1 fully saturated rings. The minimum Gasteiger partial charge on any atom is -0.370 e. The lowest BCUT2D eigenvalue weighted by Crippen LogP contribution is -2.24. The second-order valence-corrected chi connectivity index (χ2v) is 5.88. The molecule has 1 aliphatic carbocycles. The number of aryl methyl sites for hydroxylation is 1. The third-order valence-corrected chi connectivity index (χ3v) is 3.92. The van der Waals surface area contributed by atoms with Gasteiger partial charge in [-0.05, 0) is 25.0 Å². The molecular weight excluding hydrogens is 316 g/mol. The Hall–Kier alpha value is -3.22. The number of hydrogen-bond donors (Lipinski definition) is 2. The van der Waals surface area contributed by atoms with Crippen LogP contribution in [0.4, 0.5) is 0 Å². The van der Waals surface area contributed by atoms with Crippen LogP contribution in [-0.2, 0) is 7.05 Å². The van der Waals surface area contributed by atoms with Gasteiger partial charge in [-0.2, -0.15) is 10.1 Å². The van der Waals surface area contributed by atoms with Crippen LogP contribution in [0.3, 0.4) is 0 Å². The van der Waals surface area contributed by atoms with Crippen molar-refractivity contribution in [1.29, 1.82) is 0 Å². The van der Waals surface area contributed by atoms with Crippen LogP contribution in [0.25, 0.3) is 10.9 Å². The van der Waals surface area contributed by atoms with Gasteiger partial charge in [0.1, 0.15) is 0 Å². The molecule has 0 radical (unpaired) electrons. The fraction of sp³-hybridized carbons (Fsp3) is 0.222. The maximum absolute atomic E-state index is 11.6. The Morgan fingerprint density at radius 3 is 2.60 bits per heavy atom. The number of carbonyl (C=O) groups is 1. The summed E-state index contributed by atoms with van der Waals surface area (Å²) in [5.41, 5.74) is 12.8. The molecule has 4 N–H and O–H groups in total. The van der Waals surface area contributed by atoms with Crippen molar-refractivity contribution in [3.8, 4) is 0 Å². The molecule has 3 aromatic rings. The van der Waals surface area contributed by atoms with Crippen molar-refractivity contribution in [1.82, 2.24) is 14.8 Å². The lowest BCUT2D eigenvalue weighted by atomic mass is 10.1. The molecule has 1 saturated carbocycles. The Morgan fingerprint density at radius 1 is 1.20 bits per heavy atom. The summed E-state index contributed by atoms with van der Waals surface area (Å²) in [4.78, 5) is 19.3. The molecule has 1 aliphatic rings. The van der Waals surface area contributed by atoms with E-state index in [-0.39, 0.29) is 5.96 Å². The van der Waals surface area contributed by atoms with Crippen molar-refractivity contribution in [2.45, 2.75) is 18.8 Å². The minimum atomic E-state index is -0.412. The molecule has 0 saturated heterocycles. The van der Waals surface area contributed by atoms with Crippen LogP contribution in [0.1, 0.15) is 34.8 Å². The average Bonchev–Trinajstić information content (AvgIpc) is 3.36. The standard InChI is InChI=1S/C9H13N5O.C9H7N/c1-14-7(5-2-3-5)6(4-12-14)8(15)13-9(10)11;1-2-6-9-8(4-1)5-3-7-10-9/h4-5H,2-3H2,1H3,(H4,10,11,13,15);1-7H. The summed E-state index contributed by atoms with van der Waals surface area (Å²) < 4.78 is 1.72. The summed E-state index contributed by atoms with van der Waals surface area (Å²) in [7, 11) is 1.82. The lowest BCUT2D eigenvalue weighted by molar-refractivity contribution is 0.100. The van der Waals surface area contributed by atoms with Gasteiger partial charge in [0, 0.05) is 24.5 Å². The normalized spacial score (nSPS) is 13.0. The van der Waals surface area contributed by atoms with Crippen LogP contribution in [0.2, 0.25) is 0 Å². The SMILES string of the molecule is Cn1ncc(C(=O)N=C(N)N)c1C1CC1.c1ccc2ncccc2c1. The van der Waals surface area contributed by atoms with Gasteiger partial charge < -0.3 is 11.5 Å². The third-order valence-electron chi connectivity index (χ3n) is 3.92. The Balaban J connectivity index is 0.000000157. The second kappa shape index (κ2) is 7.12. The largest absolute Gasteiger partial charge is 0.370 e. The van der Waals surface area contributed by atoms with Crippen molar-refractivity contribution >= 4 is 22.8 Å². The molecule has 2 heterocycles. The van der Waals surface area contributed by atoms with Crippen LogP contribution in [0.5, 0.6) is 0 Å². The first kappa shape index (κ1) is 16.6. The molecule has 128 valence electrons. The molecule has 4 rings (SSSR count). The Bertz CT molecular complexity index is 857. The predicted octanol–water partition coefficient (Wildman–Crippen LogP) is 1.95. The Kier molecular flexibility index (Phi) is 4.74. The molecule has 1 aromatic carbocycles. The van der Waals surface area contributed by atoms with Gasteiger partial charge in [0.25, 0.3) is 5.91 Å². The van der Waals surface area contributed by atoms with Gasteiger partial charge in [-0.1, -0.05) is 24.3 Å². The van der Waals surface area contributed by atoms with Crippen LogP contribution in [-0.4, -0.2) is 26.6 Å². The van der Waals surface area contributed by atoms with Crippen molar-refractivity contribution < 1.29 is 4.79 Å². The molecular formula is C18H20N6O. The number of hydrogen-bond acceptors (Lipinski definition) is 3. The smallest absolute Gasteiger partial charge is 0.283 e. The highest BCUT2D eigenvalue weighted by atomic mass is 16.1. The quantitative estimate of drug-likeness (QED) is 0.548. The van der Waals surface area contributed by atoms with E-state index in [9.17, 15) is 4.79 Å². The lowest BCUT2D eigenvalue weighted by Gasteiger charge is -2.00. The van der Waals surface area contributed by atoms with Crippen LogP contribution in [0, 0.1) is 0 Å². The predicted molar refractivity (Wildman–Crippen MR) is 97.1 cm³/mol. The zero-order chi connectivity index (χ0) is 17.8. The van der Waals surface area contributed by atoms with Crippen LogP contribution in [0.15, 0.2) is 53.8 Å². The number of guanidine groups is 1. The number of pyridine rings is 1. The molecule has 0 aliphatic heterocycles. The summed E-state index contributed by atoms with van der Waals surface area (Å²) in [6.07, 6.45) is 5.52. The van der Waals surface area contributed by atoms with Gasteiger partial charge in [0.2, 0.25) is 0 Å². The van der Waals surface area contributed by atoms with Gasteiger partial charge >= 0.3 is 0 Å². The number of para-hydroxylation sites is 1. The van der Waals surface area contributed by atoms with E-state index < -0.39 is 5.91 Å². The number of aliphatic imine (C=N–C) groups is 1. The summed E-state index contributed by atoms with van der Waals surface area (Å²) in [6.45, 7) is 0. The third kappa shape index (κ3) is 4.00. The zero-order valence-electron chi connectivity index (χ0n) is 14.0. The fourth-order valence-electron chi connectivity index (χ4n) is 2.65. The van der Waals surface area contributed by atoms with Crippen molar-refractivity contribution in [2.24, 2.45) is 23.5 Å². The van der Waals surface area contributed by atoms with Gasteiger partial charge in [0.15, 0.2) is 5.96 Å². The fourth-order valence-corrected chi connectivity index (χ4v) is 2.65. The first-order valence-electron chi connectivity index (χ1n) is 8.02. The highest BCUT2D eigenvalue weighted by Crippen LogP contribution is 2.41. The number of benzene rings is 1. The number of fused-ring (bicyclic) bond motifs is 1. The molecule has 7 heteroatoms. The van der Waals surface area contributed by atoms with Crippen molar-refractivity contribution in [3.05, 3.63) is 60.0 Å². The summed E-state index contributed by atoms with van der Waals surface area (Å²) in [5.74, 6) is -0.193. The summed E-state index contributed by atoms with van der Waals surface area (Å²) in [5, 5.41) is 5.25. The van der Waals surface area contributed by atoms with E-state index in [1.165, 1.54) is 11.6 Å². The van der Waals surface area contributed by atoms with Crippen molar-refractivity contribution in [2.75, 3.05) is 0 Å². The molecule has 7 nitrogen and oxygen atoms in total. The monoisotopic (exact) mass is 336 g/mol. The first-order valence-corrected chi connectivity index (χ1v) is 8.02. The molecule has 0 unspecified atom stereocenters. The molecule has 2 aromatic heterocycles. The Labute approximate surface area is 145 Å². The number of aromatic nitrogens is 3. The number of nitrogens with zero attached hydrogens (tertiary/aromatic N) is 4. The zero-order valence-corrected chi connectivity index (χ0v) is 14.0. The highest BCUT2D eigenvalue weighted by Gasteiger charge is 2.31. The maximum Gasteiger partial charge on any atom is 0.283 e. The van der Waals surface area contributed by atoms with Gasteiger partial charge in [-0.3, -0.25) is 14.5 Å². The van der Waals surface area contributed by atoms with E-state index >= 15 is 0 Å². The molecule has 0 bridgehead atoms. The number of nitrogens with two attached hydrogens (primary N) is 2. The minimum absolute atomic E-state index is 0.217. The van der Waals surface area contributed by atoms with E-state index in [0.717, 1.165) is 24.1 Å². The molecule has 0 atom stereocenters. The topological polar surface area (TPSA) is 112 Å². The first-order chi connectivity index (χ1) is 12.1. The number of amides is 1. The summed E-state index contributed by atoms with van der Waals surface area (Å²) in [6, 6.07) is 12.1. The Morgan fingerprint density at radius 2 is 1.92 bits per heavy atom. The van der Waals surface area contributed by atoms with Gasteiger partial charge in [0.05, 0.1) is 23.0 Å². The van der Waals surface area contributed by atoms with Gasteiger partial charge in [-0.15, -0.1) is 0 Å². The molecule has 25 heavy (non-hydrogen) atoms. The van der Waals surface area contributed by atoms with E-state index in [1.807, 2.05) is 37.5 Å².